The van der Waals surface area contributed by atoms with Gasteiger partial charge in [-0.3, -0.25) is 4.57 Å². The normalized spacial score (nSPS) is 21.3. The number of piperidine rings is 1. The van der Waals surface area contributed by atoms with E-state index in [0.29, 0.717) is 24.5 Å². The zero-order chi connectivity index (χ0) is 34.8. The quantitative estimate of drug-likeness (QED) is 0.173. The van der Waals surface area contributed by atoms with E-state index in [1.54, 1.807) is 4.57 Å². The first-order valence-electron chi connectivity index (χ1n) is 18.2. The number of nitrogens with zero attached hydrogens (tertiary/aromatic N) is 3. The molecule has 0 spiro atoms. The Bertz CT molecular complexity index is 1720. The van der Waals surface area contributed by atoms with Crippen LogP contribution in [0.25, 0.3) is 11.0 Å². The van der Waals surface area contributed by atoms with Gasteiger partial charge in [0.2, 0.25) is 0 Å². The molecule has 2 N–H and O–H groups in total. The van der Waals surface area contributed by atoms with Gasteiger partial charge in [0.15, 0.2) is 0 Å². The van der Waals surface area contributed by atoms with Crippen molar-refractivity contribution in [3.63, 3.8) is 0 Å². The number of para-hydroxylation sites is 2. The van der Waals surface area contributed by atoms with Crippen molar-refractivity contribution in [1.29, 1.82) is 0 Å². The Morgan fingerprint density at radius 3 is 1.94 bits per heavy atom. The van der Waals surface area contributed by atoms with E-state index in [0.717, 1.165) is 57.1 Å². The highest BCUT2D eigenvalue weighted by Crippen LogP contribution is 2.45. The second-order valence-corrected chi connectivity index (χ2v) is 20.9. The molecule has 1 amide bonds. The number of carbonyl (C=O) groups is 1. The maximum Gasteiger partial charge on any atom is 0.337 e. The van der Waals surface area contributed by atoms with Gasteiger partial charge in [-0.15, -0.1) is 0 Å². The smallest absolute Gasteiger partial charge is 0.337 e. The molecule has 262 valence electrons. The SMILES string of the molecule is CC(C)n1c(=O)n(C(=O)NCC2CCN(C[C@]3(O)CC[C@H](OC(c4ccccc4)(c4ccccc4)[Si](C)(C)C)CC3)CC2)c2ccccc21. The number of hydrogen-bond acceptors (Lipinski definition) is 5. The average molecular weight is 683 g/mol. The van der Waals surface area contributed by atoms with E-state index in [1.165, 1.54) is 15.7 Å². The Kier molecular flexibility index (Phi) is 10.4. The summed E-state index contributed by atoms with van der Waals surface area (Å²) in [5.74, 6) is 0.332. The second-order valence-electron chi connectivity index (χ2n) is 15.7. The molecule has 2 fully saturated rings. The second kappa shape index (κ2) is 14.4. The van der Waals surface area contributed by atoms with Gasteiger partial charge in [0.1, 0.15) is 5.22 Å². The zero-order valence-electron chi connectivity index (χ0n) is 29.9. The van der Waals surface area contributed by atoms with Crippen molar-refractivity contribution in [1.82, 2.24) is 19.4 Å². The van der Waals surface area contributed by atoms with Crippen LogP contribution in [0.3, 0.4) is 0 Å². The van der Waals surface area contributed by atoms with Gasteiger partial charge in [0.25, 0.3) is 0 Å². The predicted octanol–water partition coefficient (Wildman–Crippen LogP) is 7.17. The molecular weight excluding hydrogens is 629 g/mol. The Labute approximate surface area is 292 Å². The lowest BCUT2D eigenvalue weighted by Crippen LogP contribution is -2.55. The molecule has 8 nitrogen and oxygen atoms in total. The minimum absolute atomic E-state index is 0.0459. The van der Waals surface area contributed by atoms with E-state index >= 15 is 0 Å². The summed E-state index contributed by atoms with van der Waals surface area (Å²) in [7, 11) is -1.97. The largest absolute Gasteiger partial charge is 0.389 e. The number of carbonyl (C=O) groups excluding carboxylic acids is 1. The van der Waals surface area contributed by atoms with Gasteiger partial charge >= 0.3 is 11.7 Å². The number of aromatic nitrogens is 2. The van der Waals surface area contributed by atoms with E-state index in [4.69, 9.17) is 4.74 Å². The van der Waals surface area contributed by atoms with Crippen LogP contribution in [0.5, 0.6) is 0 Å². The van der Waals surface area contributed by atoms with E-state index in [2.05, 4.69) is 90.5 Å². The summed E-state index contributed by atoms with van der Waals surface area (Å²) in [5, 5.41) is 14.3. The number of fused-ring (bicyclic) bond motifs is 1. The molecule has 2 heterocycles. The van der Waals surface area contributed by atoms with Crippen LogP contribution in [0, 0.1) is 5.92 Å². The Morgan fingerprint density at radius 1 is 0.878 bits per heavy atom. The van der Waals surface area contributed by atoms with Crippen LogP contribution in [-0.4, -0.2) is 71.1 Å². The van der Waals surface area contributed by atoms with Crippen molar-refractivity contribution in [2.45, 2.75) is 95.0 Å². The van der Waals surface area contributed by atoms with Gasteiger partial charge in [-0.1, -0.05) is 92.4 Å². The standard InChI is InChI=1S/C40H54N4O4Si/c1-30(2)43-35-18-12-13-19-36(35)44(38(43)46)37(45)41-28-31-22-26-42(27-23-31)29-39(47)24-20-34(21-25-39)48-40(49(3,4)5,32-14-8-6-9-15-32)33-16-10-7-11-17-33/h6-19,30-31,34,47H,20-29H2,1-5H3,(H,41,45)/t34-,39-. The molecule has 6 rings (SSSR count). The number of rotatable bonds is 10. The number of nitrogens with one attached hydrogen (secondary N) is 1. The fraction of sp³-hybridized carbons (Fsp3) is 0.500. The van der Waals surface area contributed by atoms with Gasteiger partial charge in [0.05, 0.1) is 30.8 Å². The monoisotopic (exact) mass is 682 g/mol. The highest BCUT2D eigenvalue weighted by Gasteiger charge is 2.50. The summed E-state index contributed by atoms with van der Waals surface area (Å²) in [6.45, 7) is 14.1. The first-order valence-corrected chi connectivity index (χ1v) is 21.7. The van der Waals surface area contributed by atoms with Crippen LogP contribution in [0.2, 0.25) is 19.6 Å². The zero-order valence-corrected chi connectivity index (χ0v) is 30.9. The maximum absolute atomic E-state index is 13.2. The van der Waals surface area contributed by atoms with E-state index in [-0.39, 0.29) is 23.9 Å². The summed E-state index contributed by atoms with van der Waals surface area (Å²) in [6, 6.07) is 28.5. The summed E-state index contributed by atoms with van der Waals surface area (Å²) in [5.41, 5.74) is 2.81. The molecule has 2 aliphatic rings. The van der Waals surface area contributed by atoms with Gasteiger partial charge in [-0.2, -0.15) is 0 Å². The molecule has 0 atom stereocenters. The van der Waals surface area contributed by atoms with Crippen LogP contribution >= 0.6 is 0 Å². The Hall–Kier alpha value is -3.50. The molecule has 9 heteroatoms. The lowest BCUT2D eigenvalue weighted by atomic mass is 9.82. The predicted molar refractivity (Wildman–Crippen MR) is 200 cm³/mol. The number of likely N-dealkylation sites (tertiary alicyclic amines) is 1. The summed E-state index contributed by atoms with van der Waals surface area (Å²) >= 11 is 0. The van der Waals surface area contributed by atoms with E-state index in [9.17, 15) is 14.7 Å². The molecule has 1 saturated carbocycles. The fourth-order valence-electron chi connectivity index (χ4n) is 8.29. The molecule has 1 saturated heterocycles. The third-order valence-electron chi connectivity index (χ3n) is 10.9. The number of hydrogen-bond donors (Lipinski definition) is 2. The molecule has 1 aliphatic heterocycles. The number of imidazole rings is 1. The molecule has 1 aliphatic carbocycles. The summed E-state index contributed by atoms with van der Waals surface area (Å²) < 4.78 is 10.3. The molecule has 49 heavy (non-hydrogen) atoms. The van der Waals surface area contributed by atoms with E-state index < -0.39 is 18.9 Å². The van der Waals surface area contributed by atoms with Gasteiger partial charge < -0.3 is 20.1 Å². The highest BCUT2D eigenvalue weighted by atomic mass is 28.3. The molecular formula is C40H54N4O4Si. The van der Waals surface area contributed by atoms with Crippen LogP contribution in [0.15, 0.2) is 89.7 Å². The Balaban J connectivity index is 1.03. The summed E-state index contributed by atoms with van der Waals surface area (Å²) in [6.07, 6.45) is 5.06. The highest BCUT2D eigenvalue weighted by molar-refractivity contribution is 6.79. The number of benzene rings is 3. The lowest BCUT2D eigenvalue weighted by molar-refractivity contribution is -0.0991. The summed E-state index contributed by atoms with van der Waals surface area (Å²) in [4.78, 5) is 28.8. The molecule has 1 aromatic heterocycles. The minimum Gasteiger partial charge on any atom is -0.389 e. The molecule has 3 aromatic carbocycles. The molecule has 0 bridgehead atoms. The van der Waals surface area contributed by atoms with Crippen molar-refractivity contribution >= 4 is 25.1 Å². The minimum atomic E-state index is -1.97. The molecule has 0 unspecified atom stereocenters. The number of amides is 1. The topological polar surface area (TPSA) is 88.7 Å². The van der Waals surface area contributed by atoms with Crippen molar-refractivity contribution in [3.05, 3.63) is 107 Å². The van der Waals surface area contributed by atoms with Crippen LogP contribution in [0.1, 0.15) is 69.5 Å². The van der Waals surface area contributed by atoms with E-state index in [1.807, 2.05) is 38.1 Å². The third kappa shape index (κ3) is 7.22. The molecule has 4 aromatic rings. The Morgan fingerprint density at radius 2 is 1.41 bits per heavy atom. The number of β-amino-alcohol motifs (C(OH)–C–C–N with tert-alkyl or cyclic N) is 1. The van der Waals surface area contributed by atoms with Crippen LogP contribution in [-0.2, 0) is 9.96 Å². The third-order valence-corrected chi connectivity index (χ3v) is 13.7. The van der Waals surface area contributed by atoms with Crippen LogP contribution in [0.4, 0.5) is 4.79 Å². The average Bonchev–Trinajstić information content (AvgIpc) is 3.39. The first-order chi connectivity index (χ1) is 23.4. The van der Waals surface area contributed by atoms with Crippen molar-refractivity contribution < 1.29 is 14.6 Å². The van der Waals surface area contributed by atoms with Gasteiger partial charge in [0, 0.05) is 19.1 Å². The van der Waals surface area contributed by atoms with Crippen molar-refractivity contribution in [2.24, 2.45) is 5.92 Å². The fourth-order valence-corrected chi connectivity index (χ4v) is 10.9. The lowest BCUT2D eigenvalue weighted by Gasteiger charge is -2.49. The maximum atomic E-state index is 13.2. The van der Waals surface area contributed by atoms with Crippen molar-refractivity contribution in [3.8, 4) is 0 Å². The van der Waals surface area contributed by atoms with Gasteiger partial charge in [-0.05, 0) is 94.6 Å². The number of ether oxygens (including phenoxy) is 1. The molecule has 0 radical (unpaired) electrons. The van der Waals surface area contributed by atoms with Crippen molar-refractivity contribution in [2.75, 3.05) is 26.2 Å². The van der Waals surface area contributed by atoms with Crippen LogP contribution < -0.4 is 11.0 Å². The first kappa shape index (κ1) is 35.3. The number of aliphatic hydroxyl groups is 1. The van der Waals surface area contributed by atoms with Gasteiger partial charge in [-0.25, -0.2) is 14.2 Å².